The number of nitrogens with zero attached hydrogens (tertiary/aromatic N) is 3. The molecule has 0 aromatic carbocycles. The fourth-order valence-corrected chi connectivity index (χ4v) is 3.54. The number of nitrogens with one attached hydrogen (secondary N) is 1. The molecule has 1 N–H and O–H groups in total. The van der Waals surface area contributed by atoms with Gasteiger partial charge in [-0.2, -0.15) is 4.98 Å². The Kier molecular flexibility index (Phi) is 3.35. The van der Waals surface area contributed by atoms with Crippen molar-refractivity contribution >= 4 is 0 Å². The topological polar surface area (TPSA) is 54.2 Å². The highest BCUT2D eigenvalue weighted by Gasteiger charge is 2.39. The van der Waals surface area contributed by atoms with Gasteiger partial charge in [-0.25, -0.2) is 0 Å². The van der Waals surface area contributed by atoms with Crippen molar-refractivity contribution in [2.75, 3.05) is 13.6 Å². The number of piperidine rings is 1. The molecule has 2 fully saturated rings. The minimum Gasteiger partial charge on any atom is -0.339 e. The maximum Gasteiger partial charge on any atom is 0.227 e. The summed E-state index contributed by atoms with van der Waals surface area (Å²) in [6.45, 7) is 2.93. The number of fused-ring (bicyclic) bond motifs is 2. The summed E-state index contributed by atoms with van der Waals surface area (Å²) >= 11 is 0. The smallest absolute Gasteiger partial charge is 0.227 e. The lowest BCUT2D eigenvalue weighted by Gasteiger charge is -2.38. The van der Waals surface area contributed by atoms with Crippen LogP contribution < -0.4 is 5.32 Å². The zero-order valence-electron chi connectivity index (χ0n) is 11.2. The van der Waals surface area contributed by atoms with Crippen LogP contribution in [0.5, 0.6) is 0 Å². The first-order valence-electron chi connectivity index (χ1n) is 6.98. The van der Waals surface area contributed by atoms with E-state index in [1.54, 1.807) is 0 Å². The minimum atomic E-state index is 0.712. The highest BCUT2D eigenvalue weighted by Crippen LogP contribution is 2.35. The van der Waals surface area contributed by atoms with Gasteiger partial charge in [-0.3, -0.25) is 4.90 Å². The Morgan fingerprint density at radius 3 is 2.61 bits per heavy atom. The monoisotopic (exact) mass is 250 g/mol. The van der Waals surface area contributed by atoms with Crippen molar-refractivity contribution in [1.82, 2.24) is 20.4 Å². The molecule has 2 aliphatic heterocycles. The minimum absolute atomic E-state index is 0.712. The van der Waals surface area contributed by atoms with Crippen LogP contribution in [0.3, 0.4) is 0 Å². The second kappa shape index (κ2) is 4.97. The zero-order chi connectivity index (χ0) is 12.5. The molecule has 0 amide bonds. The third-order valence-corrected chi connectivity index (χ3v) is 4.45. The number of hydrogen-bond donors (Lipinski definition) is 1. The molecule has 3 heterocycles. The van der Waals surface area contributed by atoms with Gasteiger partial charge in [-0.15, -0.1) is 0 Å². The molecule has 0 spiro atoms. The van der Waals surface area contributed by atoms with Gasteiger partial charge in [0.25, 0.3) is 0 Å². The predicted molar refractivity (Wildman–Crippen MR) is 68.3 cm³/mol. The third kappa shape index (κ3) is 2.29. The number of rotatable bonds is 4. The van der Waals surface area contributed by atoms with Crippen LogP contribution in [0.4, 0.5) is 0 Å². The molecule has 100 valence electrons. The van der Waals surface area contributed by atoms with E-state index in [9.17, 15) is 0 Å². The molecule has 0 aliphatic carbocycles. The van der Waals surface area contributed by atoms with Gasteiger partial charge < -0.3 is 9.84 Å². The van der Waals surface area contributed by atoms with Gasteiger partial charge >= 0.3 is 0 Å². The summed E-state index contributed by atoms with van der Waals surface area (Å²) in [5.74, 6) is 1.52. The van der Waals surface area contributed by atoms with Crippen LogP contribution in [0.1, 0.15) is 37.4 Å². The van der Waals surface area contributed by atoms with E-state index in [1.807, 2.05) is 6.92 Å². The van der Waals surface area contributed by atoms with Crippen molar-refractivity contribution in [3.8, 4) is 0 Å². The maximum absolute atomic E-state index is 5.19. The van der Waals surface area contributed by atoms with Crippen molar-refractivity contribution in [1.29, 1.82) is 0 Å². The first kappa shape index (κ1) is 12.1. The van der Waals surface area contributed by atoms with E-state index in [2.05, 4.69) is 27.4 Å². The fraction of sp³-hybridized carbons (Fsp3) is 0.846. The number of aromatic nitrogens is 2. The van der Waals surface area contributed by atoms with E-state index in [1.165, 1.54) is 25.7 Å². The molecule has 0 saturated carbocycles. The summed E-state index contributed by atoms with van der Waals surface area (Å²) in [5.41, 5.74) is 0. The van der Waals surface area contributed by atoms with Crippen LogP contribution in [0.25, 0.3) is 0 Å². The Hall–Kier alpha value is -0.940. The van der Waals surface area contributed by atoms with E-state index in [0.717, 1.165) is 36.8 Å². The van der Waals surface area contributed by atoms with E-state index in [-0.39, 0.29) is 0 Å². The summed E-state index contributed by atoms with van der Waals surface area (Å²) < 4.78 is 5.19. The van der Waals surface area contributed by atoms with Crippen molar-refractivity contribution in [3.63, 3.8) is 0 Å². The lowest BCUT2D eigenvalue weighted by Crippen LogP contribution is -2.48. The van der Waals surface area contributed by atoms with Crippen LogP contribution in [0, 0.1) is 6.92 Å². The van der Waals surface area contributed by atoms with Crippen molar-refractivity contribution < 1.29 is 4.52 Å². The second-order valence-electron chi connectivity index (χ2n) is 5.57. The van der Waals surface area contributed by atoms with Crippen molar-refractivity contribution in [2.45, 2.75) is 57.2 Å². The summed E-state index contributed by atoms with van der Waals surface area (Å²) in [7, 11) is 2.08. The molecule has 0 radical (unpaired) electrons. The summed E-state index contributed by atoms with van der Waals surface area (Å²) in [6.07, 6.45) is 6.17. The summed E-state index contributed by atoms with van der Waals surface area (Å²) in [4.78, 5) is 6.94. The summed E-state index contributed by atoms with van der Waals surface area (Å²) in [5, 5.41) is 7.28. The van der Waals surface area contributed by atoms with Crippen LogP contribution >= 0.6 is 0 Å². The van der Waals surface area contributed by atoms with Crippen LogP contribution in [-0.2, 0) is 6.42 Å². The molecule has 2 unspecified atom stereocenters. The second-order valence-corrected chi connectivity index (χ2v) is 5.57. The molecule has 5 heteroatoms. The standard InChI is InChI=1S/C13H22N4O/c1-9-15-13(18-16-9)5-6-17-11-3-4-12(17)8-10(7-11)14-2/h10-12,14H,3-8H2,1-2H3. The van der Waals surface area contributed by atoms with Gasteiger partial charge in [0.15, 0.2) is 5.82 Å². The molecule has 18 heavy (non-hydrogen) atoms. The highest BCUT2D eigenvalue weighted by molar-refractivity contribution is 4.98. The van der Waals surface area contributed by atoms with E-state index in [4.69, 9.17) is 4.52 Å². The lowest BCUT2D eigenvalue weighted by molar-refractivity contribution is 0.118. The quantitative estimate of drug-likeness (QED) is 0.868. The highest BCUT2D eigenvalue weighted by atomic mass is 16.5. The molecule has 3 rings (SSSR count). The lowest BCUT2D eigenvalue weighted by atomic mass is 9.97. The Labute approximate surface area is 108 Å². The molecule has 1 aromatic heterocycles. The van der Waals surface area contributed by atoms with E-state index >= 15 is 0 Å². The molecule has 5 nitrogen and oxygen atoms in total. The SMILES string of the molecule is CNC1CC2CCC(C1)N2CCc1nc(C)no1. The fourth-order valence-electron chi connectivity index (χ4n) is 3.54. The molecule has 2 bridgehead atoms. The van der Waals surface area contributed by atoms with Gasteiger partial charge in [0, 0.05) is 31.1 Å². The van der Waals surface area contributed by atoms with Gasteiger partial charge in [0.2, 0.25) is 5.89 Å². The van der Waals surface area contributed by atoms with Crippen LogP contribution in [-0.4, -0.2) is 46.8 Å². The Morgan fingerprint density at radius 2 is 2.06 bits per heavy atom. The van der Waals surface area contributed by atoms with Gasteiger partial charge in [0.05, 0.1) is 0 Å². The molecule has 2 aliphatic rings. The summed E-state index contributed by atoms with van der Waals surface area (Å²) in [6, 6.07) is 2.22. The molecule has 2 saturated heterocycles. The van der Waals surface area contributed by atoms with Crippen LogP contribution in [0.15, 0.2) is 4.52 Å². The molecule has 2 atom stereocenters. The first-order valence-corrected chi connectivity index (χ1v) is 6.98. The van der Waals surface area contributed by atoms with Gasteiger partial charge in [-0.05, 0) is 39.7 Å². The van der Waals surface area contributed by atoms with Crippen molar-refractivity contribution in [2.24, 2.45) is 0 Å². The average molecular weight is 250 g/mol. The molecular formula is C13H22N4O. The Morgan fingerprint density at radius 1 is 1.33 bits per heavy atom. The van der Waals surface area contributed by atoms with Crippen LogP contribution in [0.2, 0.25) is 0 Å². The Balaban J connectivity index is 1.58. The van der Waals surface area contributed by atoms with Gasteiger partial charge in [0.1, 0.15) is 0 Å². The third-order valence-electron chi connectivity index (χ3n) is 4.45. The first-order chi connectivity index (χ1) is 8.76. The Bertz CT molecular complexity index is 391. The molecular weight excluding hydrogens is 228 g/mol. The number of hydrogen-bond acceptors (Lipinski definition) is 5. The molecule has 1 aromatic rings. The maximum atomic E-state index is 5.19. The van der Waals surface area contributed by atoms with E-state index < -0.39 is 0 Å². The van der Waals surface area contributed by atoms with Gasteiger partial charge in [-0.1, -0.05) is 5.16 Å². The number of aryl methyl sites for hydroxylation is 1. The largest absolute Gasteiger partial charge is 0.339 e. The average Bonchev–Trinajstić information content (AvgIpc) is 2.87. The zero-order valence-corrected chi connectivity index (χ0v) is 11.2. The van der Waals surface area contributed by atoms with Crippen molar-refractivity contribution in [3.05, 3.63) is 11.7 Å². The van der Waals surface area contributed by atoms with E-state index in [0.29, 0.717) is 6.04 Å². The normalized spacial score (nSPS) is 32.0. The predicted octanol–water partition coefficient (Wildman–Crippen LogP) is 1.14.